The van der Waals surface area contributed by atoms with Crippen molar-refractivity contribution in [3.63, 3.8) is 0 Å². The number of aliphatic hydroxyl groups is 3. The van der Waals surface area contributed by atoms with E-state index in [1.165, 1.54) is 0 Å². The second kappa shape index (κ2) is 16.8. The highest BCUT2D eigenvalue weighted by Gasteiger charge is 2.38. The third-order valence-electron chi connectivity index (χ3n) is 4.44. The van der Waals surface area contributed by atoms with Crippen molar-refractivity contribution < 1.29 is 25.2 Å². The fraction of sp³-hybridized carbons (Fsp3) is 0.950. The van der Waals surface area contributed by atoms with Gasteiger partial charge in [-0.2, -0.15) is 0 Å². The lowest BCUT2D eigenvalue weighted by molar-refractivity contribution is -0.136. The van der Waals surface area contributed by atoms with Gasteiger partial charge in [-0.15, -0.1) is 0 Å². The highest BCUT2D eigenvalue weighted by Crippen LogP contribution is 2.29. The number of carboxylic acids is 1. The van der Waals surface area contributed by atoms with Gasteiger partial charge < -0.3 is 20.4 Å². The van der Waals surface area contributed by atoms with Crippen molar-refractivity contribution in [3.05, 3.63) is 0 Å². The Balaban J connectivity index is 0. The lowest BCUT2D eigenvalue weighted by atomic mass is 9.81. The van der Waals surface area contributed by atoms with Crippen molar-refractivity contribution >= 4 is 5.97 Å². The van der Waals surface area contributed by atoms with Crippen LogP contribution in [0, 0.1) is 0 Å². The van der Waals surface area contributed by atoms with E-state index in [0.29, 0.717) is 19.3 Å². The molecule has 0 saturated carbocycles. The molecule has 0 radical (unpaired) electrons. The van der Waals surface area contributed by atoms with Crippen molar-refractivity contribution in [2.75, 3.05) is 0 Å². The summed E-state index contributed by atoms with van der Waals surface area (Å²) in [6.07, 6.45) is 9.18. The second-order valence-electron chi connectivity index (χ2n) is 7.04. The van der Waals surface area contributed by atoms with Crippen LogP contribution >= 0.6 is 0 Å². The zero-order valence-electron chi connectivity index (χ0n) is 16.8. The standard InChI is InChI=1S/C18H38O3.C2H4O2/c1-4-7-10-13-16(19)17(20)18(21,14-11-8-5-2)15-12-9-6-3;1-2(3)4/h16-17,19-21H,4-15H2,1-3H3;1H3,(H,3,4). The molecule has 2 atom stereocenters. The van der Waals surface area contributed by atoms with Crippen LogP contribution in [-0.2, 0) is 4.79 Å². The van der Waals surface area contributed by atoms with Gasteiger partial charge >= 0.3 is 0 Å². The molecule has 5 heteroatoms. The van der Waals surface area contributed by atoms with Crippen molar-refractivity contribution in [1.29, 1.82) is 0 Å². The van der Waals surface area contributed by atoms with Crippen molar-refractivity contribution in [2.45, 2.75) is 123 Å². The molecule has 25 heavy (non-hydrogen) atoms. The highest BCUT2D eigenvalue weighted by molar-refractivity contribution is 5.62. The van der Waals surface area contributed by atoms with E-state index >= 15 is 0 Å². The Labute approximate surface area is 154 Å². The molecule has 0 aromatic rings. The normalized spacial score (nSPS) is 13.7. The number of carboxylic acid groups (broad SMARTS) is 1. The summed E-state index contributed by atoms with van der Waals surface area (Å²) in [4.78, 5) is 9.00. The highest BCUT2D eigenvalue weighted by atomic mass is 16.4. The van der Waals surface area contributed by atoms with Gasteiger partial charge in [-0.3, -0.25) is 4.79 Å². The van der Waals surface area contributed by atoms with Gasteiger partial charge in [-0.05, 0) is 19.3 Å². The van der Waals surface area contributed by atoms with Crippen molar-refractivity contribution in [3.8, 4) is 0 Å². The molecule has 0 aliphatic carbocycles. The minimum absolute atomic E-state index is 0.582. The number of carbonyl (C=O) groups is 1. The van der Waals surface area contributed by atoms with Gasteiger partial charge in [-0.25, -0.2) is 0 Å². The SMILES string of the molecule is CC(=O)O.CCCCCC(O)C(O)C(O)(CCCCC)CCCCC. The van der Waals surface area contributed by atoms with Crippen LogP contribution in [0.2, 0.25) is 0 Å². The predicted octanol–water partition coefficient (Wildman–Crippen LogP) is 4.27. The largest absolute Gasteiger partial charge is 0.481 e. The first-order valence-corrected chi connectivity index (χ1v) is 10.0. The summed E-state index contributed by atoms with van der Waals surface area (Å²) in [5.74, 6) is -0.833. The summed E-state index contributed by atoms with van der Waals surface area (Å²) < 4.78 is 0. The van der Waals surface area contributed by atoms with E-state index < -0.39 is 23.8 Å². The van der Waals surface area contributed by atoms with Crippen molar-refractivity contribution in [2.24, 2.45) is 0 Å². The quantitative estimate of drug-likeness (QED) is 0.346. The molecule has 0 bridgehead atoms. The Morgan fingerprint density at radius 3 is 1.56 bits per heavy atom. The maximum absolute atomic E-state index is 10.8. The number of hydrogen-bond donors (Lipinski definition) is 4. The third-order valence-corrected chi connectivity index (χ3v) is 4.44. The summed E-state index contributed by atoms with van der Waals surface area (Å²) in [5, 5.41) is 38.9. The molecule has 0 heterocycles. The fourth-order valence-corrected chi connectivity index (χ4v) is 2.90. The summed E-state index contributed by atoms with van der Waals surface area (Å²) in [6.45, 7) is 7.47. The average molecular weight is 363 g/mol. The molecular formula is C20H42O5. The van der Waals surface area contributed by atoms with E-state index in [4.69, 9.17) is 9.90 Å². The minimum atomic E-state index is -1.12. The van der Waals surface area contributed by atoms with Crippen LogP contribution in [0.4, 0.5) is 0 Å². The molecule has 0 saturated heterocycles. The molecule has 0 fully saturated rings. The summed E-state index contributed by atoms with van der Waals surface area (Å²) in [7, 11) is 0. The summed E-state index contributed by atoms with van der Waals surface area (Å²) >= 11 is 0. The van der Waals surface area contributed by atoms with Gasteiger partial charge in [0, 0.05) is 6.92 Å². The van der Waals surface area contributed by atoms with Crippen LogP contribution in [-0.4, -0.2) is 44.2 Å². The van der Waals surface area contributed by atoms with E-state index in [1.54, 1.807) is 0 Å². The third kappa shape index (κ3) is 15.3. The van der Waals surface area contributed by atoms with Crippen LogP contribution in [0.1, 0.15) is 105 Å². The van der Waals surface area contributed by atoms with Crippen LogP contribution in [0.25, 0.3) is 0 Å². The number of unbranched alkanes of at least 4 members (excludes halogenated alkanes) is 6. The molecule has 2 unspecified atom stereocenters. The molecule has 0 spiro atoms. The Kier molecular flexibility index (Phi) is 17.9. The van der Waals surface area contributed by atoms with Gasteiger partial charge in [0.15, 0.2) is 0 Å². The molecule has 4 N–H and O–H groups in total. The van der Waals surface area contributed by atoms with Crippen LogP contribution in [0.5, 0.6) is 0 Å². The van der Waals surface area contributed by atoms with Crippen LogP contribution < -0.4 is 0 Å². The number of aliphatic carboxylic acids is 1. The predicted molar refractivity (Wildman–Crippen MR) is 103 cm³/mol. The molecule has 0 aliphatic heterocycles. The second-order valence-corrected chi connectivity index (χ2v) is 7.04. The number of hydrogen-bond acceptors (Lipinski definition) is 4. The maximum atomic E-state index is 10.8. The smallest absolute Gasteiger partial charge is 0.300 e. The van der Waals surface area contributed by atoms with Gasteiger partial charge in [-0.1, -0.05) is 78.6 Å². The first-order valence-electron chi connectivity index (χ1n) is 10.0. The zero-order valence-corrected chi connectivity index (χ0v) is 16.8. The number of aliphatic hydroxyl groups excluding tert-OH is 2. The Hall–Kier alpha value is -0.650. The maximum Gasteiger partial charge on any atom is 0.300 e. The lowest BCUT2D eigenvalue weighted by Crippen LogP contribution is -2.49. The molecule has 0 amide bonds. The van der Waals surface area contributed by atoms with Crippen LogP contribution in [0.15, 0.2) is 0 Å². The van der Waals surface area contributed by atoms with E-state index in [9.17, 15) is 15.3 Å². The molecule has 0 aromatic heterocycles. The fourth-order valence-electron chi connectivity index (χ4n) is 2.90. The van der Waals surface area contributed by atoms with Gasteiger partial charge in [0.05, 0.1) is 11.7 Å². The number of rotatable bonds is 14. The summed E-state index contributed by atoms with van der Waals surface area (Å²) in [5.41, 5.74) is -1.12. The molecule has 0 aromatic carbocycles. The van der Waals surface area contributed by atoms with E-state index in [1.807, 2.05) is 0 Å². The Bertz CT molecular complexity index is 292. The van der Waals surface area contributed by atoms with Gasteiger partial charge in [0.25, 0.3) is 5.97 Å². The van der Waals surface area contributed by atoms with E-state index in [0.717, 1.165) is 64.7 Å². The minimum Gasteiger partial charge on any atom is -0.481 e. The molecule has 0 aliphatic rings. The molecular weight excluding hydrogens is 320 g/mol. The topological polar surface area (TPSA) is 98.0 Å². The van der Waals surface area contributed by atoms with Crippen LogP contribution in [0.3, 0.4) is 0 Å². The Morgan fingerprint density at radius 1 is 0.840 bits per heavy atom. The summed E-state index contributed by atoms with van der Waals surface area (Å²) in [6, 6.07) is 0. The first kappa shape index (κ1) is 26.6. The molecule has 0 rings (SSSR count). The average Bonchev–Trinajstić information content (AvgIpc) is 2.54. The molecule has 152 valence electrons. The lowest BCUT2D eigenvalue weighted by Gasteiger charge is -2.36. The zero-order chi connectivity index (χ0) is 19.7. The van der Waals surface area contributed by atoms with E-state index in [-0.39, 0.29) is 0 Å². The molecule has 5 nitrogen and oxygen atoms in total. The van der Waals surface area contributed by atoms with Gasteiger partial charge in [0.1, 0.15) is 6.10 Å². The Morgan fingerprint density at radius 2 is 1.20 bits per heavy atom. The van der Waals surface area contributed by atoms with Gasteiger partial charge in [0.2, 0.25) is 0 Å². The monoisotopic (exact) mass is 362 g/mol. The van der Waals surface area contributed by atoms with Crippen molar-refractivity contribution in [1.82, 2.24) is 0 Å². The first-order chi connectivity index (χ1) is 11.7. The van der Waals surface area contributed by atoms with E-state index in [2.05, 4.69) is 20.8 Å².